The van der Waals surface area contributed by atoms with Gasteiger partial charge in [0.15, 0.2) is 0 Å². The van der Waals surface area contributed by atoms with Crippen molar-refractivity contribution in [3.63, 3.8) is 0 Å². The SMILES string of the molecule is Nc1cc2c(cc1Br)-c1ccccc1[C@H]2Br. The normalized spacial score (nSPS) is 17.0. The van der Waals surface area contributed by atoms with Crippen molar-refractivity contribution in [2.24, 2.45) is 0 Å². The van der Waals surface area contributed by atoms with Gasteiger partial charge in [0.1, 0.15) is 0 Å². The Bertz CT molecular complexity index is 578. The predicted molar refractivity (Wildman–Crippen MR) is 74.8 cm³/mol. The van der Waals surface area contributed by atoms with E-state index in [0.29, 0.717) is 0 Å². The fourth-order valence-electron chi connectivity index (χ4n) is 2.18. The molecular formula is C13H9Br2N. The Morgan fingerprint density at radius 3 is 2.56 bits per heavy atom. The second kappa shape index (κ2) is 3.60. The van der Waals surface area contributed by atoms with E-state index in [4.69, 9.17) is 5.73 Å². The first kappa shape index (κ1) is 10.4. The fraction of sp³-hybridized carbons (Fsp3) is 0.0769. The monoisotopic (exact) mass is 337 g/mol. The Kier molecular flexibility index (Phi) is 2.33. The van der Waals surface area contributed by atoms with Crippen LogP contribution in [0.5, 0.6) is 0 Å². The topological polar surface area (TPSA) is 26.0 Å². The number of nitrogen functional groups attached to an aromatic ring is 1. The summed E-state index contributed by atoms with van der Waals surface area (Å²) >= 11 is 7.20. The van der Waals surface area contributed by atoms with Gasteiger partial charge in [0.25, 0.3) is 0 Å². The molecule has 3 heteroatoms. The van der Waals surface area contributed by atoms with Gasteiger partial charge in [-0.05, 0) is 50.3 Å². The average Bonchev–Trinajstić information content (AvgIpc) is 2.55. The Balaban J connectivity index is 2.34. The zero-order valence-corrected chi connectivity index (χ0v) is 11.5. The van der Waals surface area contributed by atoms with E-state index in [9.17, 15) is 0 Å². The summed E-state index contributed by atoms with van der Waals surface area (Å²) in [6.07, 6.45) is 0. The number of hydrogen-bond acceptors (Lipinski definition) is 1. The van der Waals surface area contributed by atoms with Crippen LogP contribution in [0.4, 0.5) is 5.69 Å². The number of alkyl halides is 1. The maximum atomic E-state index is 5.92. The van der Waals surface area contributed by atoms with Gasteiger partial charge in [-0.15, -0.1) is 0 Å². The Hall–Kier alpha value is -0.800. The van der Waals surface area contributed by atoms with Crippen molar-refractivity contribution in [2.75, 3.05) is 5.73 Å². The molecule has 16 heavy (non-hydrogen) atoms. The van der Waals surface area contributed by atoms with Crippen LogP contribution < -0.4 is 5.73 Å². The molecule has 0 amide bonds. The second-order valence-electron chi connectivity index (χ2n) is 3.91. The first-order valence-corrected chi connectivity index (χ1v) is 6.71. The van der Waals surface area contributed by atoms with Crippen LogP contribution in [0.15, 0.2) is 40.9 Å². The lowest BCUT2D eigenvalue weighted by Crippen LogP contribution is -1.91. The highest BCUT2D eigenvalue weighted by atomic mass is 79.9. The molecule has 3 rings (SSSR count). The number of fused-ring (bicyclic) bond motifs is 3. The molecule has 1 aliphatic carbocycles. The van der Waals surface area contributed by atoms with E-state index in [-0.39, 0.29) is 4.83 Å². The van der Waals surface area contributed by atoms with Gasteiger partial charge < -0.3 is 5.73 Å². The highest BCUT2D eigenvalue weighted by Gasteiger charge is 2.26. The van der Waals surface area contributed by atoms with Crippen molar-refractivity contribution < 1.29 is 0 Å². The van der Waals surface area contributed by atoms with Crippen molar-refractivity contribution in [1.29, 1.82) is 0 Å². The summed E-state index contributed by atoms with van der Waals surface area (Å²) in [4.78, 5) is 0.258. The zero-order valence-electron chi connectivity index (χ0n) is 8.37. The summed E-state index contributed by atoms with van der Waals surface area (Å²) in [6.45, 7) is 0. The first-order chi connectivity index (χ1) is 7.68. The summed E-state index contributed by atoms with van der Waals surface area (Å²) in [5.41, 5.74) is 11.8. The van der Waals surface area contributed by atoms with Gasteiger partial charge in [-0.2, -0.15) is 0 Å². The third-order valence-electron chi connectivity index (χ3n) is 2.97. The number of rotatable bonds is 0. The zero-order chi connectivity index (χ0) is 11.3. The van der Waals surface area contributed by atoms with Crippen LogP contribution >= 0.6 is 31.9 Å². The molecule has 2 aromatic rings. The average molecular weight is 339 g/mol. The maximum Gasteiger partial charge on any atom is 0.0657 e. The minimum atomic E-state index is 0.258. The molecule has 0 fully saturated rings. The lowest BCUT2D eigenvalue weighted by Gasteiger charge is -2.06. The van der Waals surface area contributed by atoms with Crippen molar-refractivity contribution in [3.05, 3.63) is 52.0 Å². The number of anilines is 1. The number of halogens is 2. The highest BCUT2D eigenvalue weighted by molar-refractivity contribution is 9.10. The Morgan fingerprint density at radius 1 is 1.00 bits per heavy atom. The van der Waals surface area contributed by atoms with E-state index in [0.717, 1.165) is 10.2 Å². The third-order valence-corrected chi connectivity index (χ3v) is 4.64. The van der Waals surface area contributed by atoms with Crippen molar-refractivity contribution in [1.82, 2.24) is 0 Å². The molecule has 0 bridgehead atoms. The third kappa shape index (κ3) is 1.35. The molecule has 0 spiro atoms. The standard InChI is InChI=1S/C13H9Br2N/c14-11-5-9-7-3-1-2-4-8(7)13(15)10(9)6-12(11)16/h1-6,13H,16H2/t13-/m1/s1. The van der Waals surface area contributed by atoms with E-state index in [2.05, 4.69) is 62.2 Å². The molecule has 2 aromatic carbocycles. The quantitative estimate of drug-likeness (QED) is 0.555. The van der Waals surface area contributed by atoms with Gasteiger partial charge in [-0.1, -0.05) is 40.2 Å². The van der Waals surface area contributed by atoms with Gasteiger partial charge in [0.2, 0.25) is 0 Å². The molecule has 2 N–H and O–H groups in total. The number of hydrogen-bond donors (Lipinski definition) is 1. The fourth-order valence-corrected chi connectivity index (χ4v) is 3.30. The van der Waals surface area contributed by atoms with Crippen LogP contribution in [0.25, 0.3) is 11.1 Å². The molecule has 1 aliphatic rings. The minimum Gasteiger partial charge on any atom is -0.398 e. The van der Waals surface area contributed by atoms with E-state index in [1.807, 2.05) is 6.07 Å². The summed E-state index contributed by atoms with van der Waals surface area (Å²) in [5, 5.41) is 0. The van der Waals surface area contributed by atoms with Crippen molar-refractivity contribution in [2.45, 2.75) is 4.83 Å². The summed E-state index contributed by atoms with van der Waals surface area (Å²) < 4.78 is 0.961. The van der Waals surface area contributed by atoms with Gasteiger partial charge in [-0.25, -0.2) is 0 Å². The molecule has 0 saturated heterocycles. The van der Waals surface area contributed by atoms with E-state index < -0.39 is 0 Å². The van der Waals surface area contributed by atoms with Crippen molar-refractivity contribution in [3.8, 4) is 11.1 Å². The molecule has 80 valence electrons. The van der Waals surface area contributed by atoms with Gasteiger partial charge in [0, 0.05) is 10.2 Å². The molecular weight excluding hydrogens is 330 g/mol. The van der Waals surface area contributed by atoms with Crippen LogP contribution in [0, 0.1) is 0 Å². The molecule has 0 aromatic heterocycles. The van der Waals surface area contributed by atoms with Crippen LogP contribution in [0.1, 0.15) is 16.0 Å². The molecule has 0 aliphatic heterocycles. The molecule has 1 atom stereocenters. The molecule has 0 saturated carbocycles. The number of nitrogens with two attached hydrogens (primary N) is 1. The van der Waals surface area contributed by atoms with E-state index >= 15 is 0 Å². The van der Waals surface area contributed by atoms with Crippen LogP contribution in [0.3, 0.4) is 0 Å². The van der Waals surface area contributed by atoms with Crippen molar-refractivity contribution >= 4 is 37.5 Å². The second-order valence-corrected chi connectivity index (χ2v) is 5.68. The van der Waals surface area contributed by atoms with Gasteiger partial charge in [0.05, 0.1) is 4.83 Å². The smallest absolute Gasteiger partial charge is 0.0657 e. The predicted octanol–water partition coefficient (Wildman–Crippen LogP) is 4.50. The molecule has 0 unspecified atom stereocenters. The van der Waals surface area contributed by atoms with Crippen LogP contribution in [-0.4, -0.2) is 0 Å². The largest absolute Gasteiger partial charge is 0.398 e. The van der Waals surface area contributed by atoms with Crippen LogP contribution in [-0.2, 0) is 0 Å². The minimum absolute atomic E-state index is 0.258. The lowest BCUT2D eigenvalue weighted by molar-refractivity contribution is 1.24. The maximum absolute atomic E-state index is 5.92. The first-order valence-electron chi connectivity index (χ1n) is 5.01. The Labute approximate surface area is 111 Å². The molecule has 0 heterocycles. The molecule has 1 nitrogen and oxygen atoms in total. The lowest BCUT2D eigenvalue weighted by atomic mass is 10.1. The van der Waals surface area contributed by atoms with Crippen LogP contribution in [0.2, 0.25) is 0 Å². The summed E-state index contributed by atoms with van der Waals surface area (Å²) in [5.74, 6) is 0. The van der Waals surface area contributed by atoms with Gasteiger partial charge in [-0.3, -0.25) is 0 Å². The highest BCUT2D eigenvalue weighted by Crippen LogP contribution is 2.49. The number of benzene rings is 2. The van der Waals surface area contributed by atoms with E-state index in [1.165, 1.54) is 22.3 Å². The molecule has 0 radical (unpaired) electrons. The summed E-state index contributed by atoms with van der Waals surface area (Å²) in [6, 6.07) is 12.6. The summed E-state index contributed by atoms with van der Waals surface area (Å²) in [7, 11) is 0. The Morgan fingerprint density at radius 2 is 1.75 bits per heavy atom. The van der Waals surface area contributed by atoms with Gasteiger partial charge >= 0.3 is 0 Å². The van der Waals surface area contributed by atoms with E-state index in [1.54, 1.807) is 0 Å².